The summed E-state index contributed by atoms with van der Waals surface area (Å²) in [6, 6.07) is 14.3. The van der Waals surface area contributed by atoms with E-state index in [0.29, 0.717) is 11.4 Å². The van der Waals surface area contributed by atoms with E-state index in [2.05, 4.69) is 10.6 Å². The van der Waals surface area contributed by atoms with Gasteiger partial charge in [0.2, 0.25) is 5.91 Å². The molecule has 0 aromatic heterocycles. The topological polar surface area (TPSA) is 97.0 Å². The number of hydrogen-bond acceptors (Lipinski definition) is 5. The minimum atomic E-state index is -0.879. The Kier molecular flexibility index (Phi) is 6.11. The van der Waals surface area contributed by atoms with Crippen LogP contribution >= 0.6 is 0 Å². The number of methoxy groups -OCH3 is 1. The molecule has 2 aromatic carbocycles. The Morgan fingerprint density at radius 1 is 1.07 bits per heavy atom. The average Bonchev–Trinajstić information content (AvgIpc) is 2.99. The SMILES string of the molecule is COc1ccc(OCCNC(=O)CC2NC(=O)N(c3ccccc3)C2=O)cc1. The van der Waals surface area contributed by atoms with Gasteiger partial charge in [-0.2, -0.15) is 0 Å². The molecular weight excluding hydrogens is 362 g/mol. The molecule has 1 saturated heterocycles. The predicted octanol–water partition coefficient (Wildman–Crippen LogP) is 1.71. The molecule has 2 aromatic rings. The second-order valence-corrected chi connectivity index (χ2v) is 6.09. The molecule has 1 fully saturated rings. The first-order chi connectivity index (χ1) is 13.6. The van der Waals surface area contributed by atoms with Crippen LogP contribution in [0, 0.1) is 0 Å². The quantitative estimate of drug-likeness (QED) is 0.534. The molecule has 146 valence electrons. The fourth-order valence-corrected chi connectivity index (χ4v) is 2.78. The average molecular weight is 383 g/mol. The van der Waals surface area contributed by atoms with E-state index in [0.717, 1.165) is 10.6 Å². The minimum Gasteiger partial charge on any atom is -0.497 e. The number of imide groups is 1. The normalized spacial score (nSPS) is 15.9. The molecule has 1 unspecified atom stereocenters. The van der Waals surface area contributed by atoms with Crippen LogP contribution in [0.4, 0.5) is 10.5 Å². The van der Waals surface area contributed by atoms with Crippen LogP contribution in [-0.4, -0.2) is 44.1 Å². The highest BCUT2D eigenvalue weighted by atomic mass is 16.5. The van der Waals surface area contributed by atoms with Gasteiger partial charge in [0, 0.05) is 0 Å². The van der Waals surface area contributed by atoms with Crippen LogP contribution in [0.3, 0.4) is 0 Å². The van der Waals surface area contributed by atoms with Gasteiger partial charge in [-0.1, -0.05) is 18.2 Å². The first-order valence-corrected chi connectivity index (χ1v) is 8.81. The monoisotopic (exact) mass is 383 g/mol. The van der Waals surface area contributed by atoms with E-state index >= 15 is 0 Å². The molecule has 0 radical (unpaired) electrons. The van der Waals surface area contributed by atoms with Gasteiger partial charge in [-0.25, -0.2) is 9.69 Å². The highest BCUT2D eigenvalue weighted by Crippen LogP contribution is 2.20. The van der Waals surface area contributed by atoms with Crippen molar-refractivity contribution in [1.29, 1.82) is 0 Å². The fraction of sp³-hybridized carbons (Fsp3) is 0.250. The summed E-state index contributed by atoms with van der Waals surface area (Å²) in [7, 11) is 1.59. The summed E-state index contributed by atoms with van der Waals surface area (Å²) in [6.45, 7) is 0.557. The molecule has 4 amide bonds. The third kappa shape index (κ3) is 4.59. The Hall–Kier alpha value is -3.55. The molecule has 0 aliphatic carbocycles. The van der Waals surface area contributed by atoms with Gasteiger partial charge >= 0.3 is 6.03 Å². The molecule has 0 spiro atoms. The van der Waals surface area contributed by atoms with Gasteiger partial charge in [0.05, 0.1) is 25.8 Å². The molecule has 1 heterocycles. The highest BCUT2D eigenvalue weighted by molar-refractivity contribution is 6.22. The van der Waals surface area contributed by atoms with Crippen LogP contribution in [0.2, 0.25) is 0 Å². The van der Waals surface area contributed by atoms with E-state index in [1.165, 1.54) is 0 Å². The maximum Gasteiger partial charge on any atom is 0.329 e. The van der Waals surface area contributed by atoms with Crippen LogP contribution in [0.5, 0.6) is 11.5 Å². The van der Waals surface area contributed by atoms with Gasteiger partial charge in [-0.15, -0.1) is 0 Å². The number of nitrogens with one attached hydrogen (secondary N) is 2. The van der Waals surface area contributed by atoms with E-state index in [1.54, 1.807) is 61.7 Å². The molecule has 28 heavy (non-hydrogen) atoms. The van der Waals surface area contributed by atoms with Crippen LogP contribution in [0.15, 0.2) is 54.6 Å². The number of anilines is 1. The maximum absolute atomic E-state index is 12.4. The predicted molar refractivity (Wildman–Crippen MR) is 102 cm³/mol. The number of urea groups is 1. The zero-order chi connectivity index (χ0) is 19.9. The summed E-state index contributed by atoms with van der Waals surface area (Å²) in [4.78, 5) is 37.7. The van der Waals surface area contributed by atoms with Crippen molar-refractivity contribution < 1.29 is 23.9 Å². The Labute approximate surface area is 162 Å². The van der Waals surface area contributed by atoms with E-state index in [4.69, 9.17) is 9.47 Å². The van der Waals surface area contributed by atoms with Gasteiger partial charge < -0.3 is 20.1 Å². The van der Waals surface area contributed by atoms with Gasteiger partial charge in [0.15, 0.2) is 0 Å². The lowest BCUT2D eigenvalue weighted by atomic mass is 10.2. The largest absolute Gasteiger partial charge is 0.497 e. The standard InChI is InChI=1S/C20H21N3O5/c1-27-15-7-9-16(10-8-15)28-12-11-21-18(24)13-17-19(25)23(20(26)22-17)14-5-3-2-4-6-14/h2-10,17H,11-13H2,1H3,(H,21,24)(H,22,26). The lowest BCUT2D eigenvalue weighted by Gasteiger charge is -2.13. The summed E-state index contributed by atoms with van der Waals surface area (Å²) in [5, 5.41) is 5.23. The van der Waals surface area contributed by atoms with E-state index in [1.807, 2.05) is 0 Å². The number of ether oxygens (including phenoxy) is 2. The molecule has 2 N–H and O–H groups in total. The molecule has 8 nitrogen and oxygen atoms in total. The molecule has 1 aliphatic heterocycles. The number of para-hydroxylation sites is 1. The fourth-order valence-electron chi connectivity index (χ4n) is 2.78. The smallest absolute Gasteiger partial charge is 0.329 e. The van der Waals surface area contributed by atoms with Crippen LogP contribution in [-0.2, 0) is 9.59 Å². The molecule has 0 bridgehead atoms. The molecule has 1 aliphatic rings. The van der Waals surface area contributed by atoms with Crippen molar-refractivity contribution in [1.82, 2.24) is 10.6 Å². The van der Waals surface area contributed by atoms with Crippen molar-refractivity contribution in [3.63, 3.8) is 0 Å². The third-order valence-electron chi connectivity index (χ3n) is 4.18. The molecule has 1 atom stereocenters. The minimum absolute atomic E-state index is 0.129. The Morgan fingerprint density at radius 3 is 2.43 bits per heavy atom. The number of carbonyl (C=O) groups is 3. The Balaban J connectivity index is 1.43. The highest BCUT2D eigenvalue weighted by Gasteiger charge is 2.39. The van der Waals surface area contributed by atoms with E-state index in [-0.39, 0.29) is 25.5 Å². The number of nitrogens with zero attached hydrogens (tertiary/aromatic N) is 1. The van der Waals surface area contributed by atoms with E-state index in [9.17, 15) is 14.4 Å². The number of hydrogen-bond donors (Lipinski definition) is 2. The Bertz CT molecular complexity index is 839. The molecule has 3 rings (SSSR count). The van der Waals surface area contributed by atoms with Crippen molar-refractivity contribution >= 4 is 23.5 Å². The van der Waals surface area contributed by atoms with Crippen molar-refractivity contribution in [3.8, 4) is 11.5 Å². The van der Waals surface area contributed by atoms with Crippen molar-refractivity contribution in [3.05, 3.63) is 54.6 Å². The van der Waals surface area contributed by atoms with Crippen LogP contribution < -0.4 is 25.0 Å². The molecule has 0 saturated carbocycles. The Morgan fingerprint density at radius 2 is 1.75 bits per heavy atom. The zero-order valence-electron chi connectivity index (χ0n) is 15.4. The van der Waals surface area contributed by atoms with Gasteiger partial charge in [0.25, 0.3) is 5.91 Å². The van der Waals surface area contributed by atoms with Gasteiger partial charge in [-0.05, 0) is 36.4 Å². The van der Waals surface area contributed by atoms with Crippen molar-refractivity contribution in [2.75, 3.05) is 25.2 Å². The number of carbonyl (C=O) groups excluding carboxylic acids is 3. The summed E-state index contributed by atoms with van der Waals surface area (Å²) in [5.41, 5.74) is 0.473. The van der Waals surface area contributed by atoms with Crippen molar-refractivity contribution in [2.45, 2.75) is 12.5 Å². The number of benzene rings is 2. The third-order valence-corrected chi connectivity index (χ3v) is 4.18. The summed E-state index contributed by atoms with van der Waals surface area (Å²) >= 11 is 0. The number of rotatable bonds is 8. The molecular formula is C20H21N3O5. The van der Waals surface area contributed by atoms with Crippen molar-refractivity contribution in [2.24, 2.45) is 0 Å². The van der Waals surface area contributed by atoms with Gasteiger partial charge in [-0.3, -0.25) is 9.59 Å². The summed E-state index contributed by atoms with van der Waals surface area (Å²) in [5.74, 6) is 0.605. The first kappa shape index (κ1) is 19.2. The van der Waals surface area contributed by atoms with Crippen LogP contribution in [0.25, 0.3) is 0 Å². The lowest BCUT2D eigenvalue weighted by Crippen LogP contribution is -2.37. The first-order valence-electron chi connectivity index (χ1n) is 8.81. The number of amides is 4. The van der Waals surface area contributed by atoms with Gasteiger partial charge in [0.1, 0.15) is 24.1 Å². The zero-order valence-corrected chi connectivity index (χ0v) is 15.4. The molecule has 8 heteroatoms. The summed E-state index contributed by atoms with van der Waals surface area (Å²) in [6.07, 6.45) is -0.129. The maximum atomic E-state index is 12.4. The second-order valence-electron chi connectivity index (χ2n) is 6.09. The second kappa shape index (κ2) is 8.90. The van der Waals surface area contributed by atoms with E-state index < -0.39 is 18.0 Å². The van der Waals surface area contributed by atoms with Crippen LogP contribution in [0.1, 0.15) is 6.42 Å². The summed E-state index contributed by atoms with van der Waals surface area (Å²) < 4.78 is 10.6. The lowest BCUT2D eigenvalue weighted by molar-refractivity contribution is -0.125.